The van der Waals surface area contributed by atoms with Crippen LogP contribution in [0.25, 0.3) is 33.4 Å². The van der Waals surface area contributed by atoms with E-state index >= 15 is 0 Å². The highest BCUT2D eigenvalue weighted by Crippen LogP contribution is 2.39. The van der Waals surface area contributed by atoms with E-state index in [1.54, 1.807) is 0 Å². The van der Waals surface area contributed by atoms with Crippen molar-refractivity contribution in [2.75, 3.05) is 12.4 Å². The number of hydrogen-bond donors (Lipinski definition) is 3. The monoisotopic (exact) mass is 375 g/mol. The summed E-state index contributed by atoms with van der Waals surface area (Å²) in [6.07, 6.45) is 0.0233. The summed E-state index contributed by atoms with van der Waals surface area (Å²) in [4.78, 5) is 14.3. The van der Waals surface area contributed by atoms with E-state index in [4.69, 9.17) is 9.63 Å². The van der Waals surface area contributed by atoms with E-state index < -0.39 is 5.97 Å². The minimum Gasteiger partial charge on any atom is -0.481 e. The van der Waals surface area contributed by atoms with E-state index in [1.165, 1.54) is 0 Å². The van der Waals surface area contributed by atoms with Crippen LogP contribution in [0.5, 0.6) is 0 Å². The number of hydrogen-bond acceptors (Lipinski definition) is 4. The van der Waals surface area contributed by atoms with E-state index in [2.05, 4.69) is 27.6 Å². The van der Waals surface area contributed by atoms with Crippen molar-refractivity contribution in [2.45, 2.75) is 20.3 Å². The Balaban J connectivity index is 1.85. The van der Waals surface area contributed by atoms with Crippen molar-refractivity contribution in [2.24, 2.45) is 0 Å². The van der Waals surface area contributed by atoms with E-state index in [-0.39, 0.29) is 6.42 Å². The molecule has 3 N–H and O–H groups in total. The maximum Gasteiger partial charge on any atom is 0.307 e. The fourth-order valence-electron chi connectivity index (χ4n) is 3.62. The predicted molar refractivity (Wildman–Crippen MR) is 110 cm³/mol. The van der Waals surface area contributed by atoms with Crippen LogP contribution in [-0.4, -0.2) is 28.3 Å². The molecule has 6 nitrogen and oxygen atoms in total. The van der Waals surface area contributed by atoms with E-state index in [1.807, 2.05) is 51.2 Å². The molecule has 142 valence electrons. The highest BCUT2D eigenvalue weighted by Gasteiger charge is 2.19. The summed E-state index contributed by atoms with van der Waals surface area (Å²) >= 11 is 0. The average Bonchev–Trinajstić information content (AvgIpc) is 3.23. The number of aromatic nitrogens is 2. The lowest BCUT2D eigenvalue weighted by Crippen LogP contribution is -1.99. The molecule has 0 fully saturated rings. The summed E-state index contributed by atoms with van der Waals surface area (Å²) in [7, 11) is 1.85. The lowest BCUT2D eigenvalue weighted by Gasteiger charge is -2.09. The van der Waals surface area contributed by atoms with Crippen LogP contribution in [-0.2, 0) is 11.2 Å². The maximum absolute atomic E-state index is 10.9. The minimum absolute atomic E-state index is 0.0233. The molecule has 0 unspecified atom stereocenters. The van der Waals surface area contributed by atoms with Crippen LogP contribution in [0.4, 0.5) is 5.69 Å². The van der Waals surface area contributed by atoms with Crippen molar-refractivity contribution in [3.63, 3.8) is 0 Å². The fraction of sp³-hybridized carbons (Fsp3) is 0.182. The van der Waals surface area contributed by atoms with Crippen molar-refractivity contribution in [3.8, 4) is 22.5 Å². The predicted octanol–water partition coefficient (Wildman–Crippen LogP) is 4.78. The third-order valence-electron chi connectivity index (χ3n) is 4.91. The molecule has 2 aromatic carbocycles. The van der Waals surface area contributed by atoms with E-state index in [9.17, 15) is 4.79 Å². The number of nitrogens with zero attached hydrogens (tertiary/aromatic N) is 1. The summed E-state index contributed by atoms with van der Waals surface area (Å²) < 4.78 is 5.60. The molecule has 0 spiro atoms. The number of carboxylic acid groups (broad SMARTS) is 1. The average molecular weight is 375 g/mol. The highest BCUT2D eigenvalue weighted by atomic mass is 16.5. The molecule has 2 heterocycles. The van der Waals surface area contributed by atoms with Gasteiger partial charge in [0.05, 0.1) is 11.9 Å². The topological polar surface area (TPSA) is 91.2 Å². The summed E-state index contributed by atoms with van der Waals surface area (Å²) in [5.41, 5.74) is 7.56. The largest absolute Gasteiger partial charge is 0.481 e. The number of nitrogens with one attached hydrogen (secondary N) is 2. The van der Waals surface area contributed by atoms with Gasteiger partial charge in [-0.3, -0.25) is 4.79 Å². The number of aromatic amines is 1. The third kappa shape index (κ3) is 3.03. The van der Waals surface area contributed by atoms with Crippen molar-refractivity contribution in [3.05, 3.63) is 59.4 Å². The second-order valence-electron chi connectivity index (χ2n) is 6.89. The van der Waals surface area contributed by atoms with Gasteiger partial charge >= 0.3 is 5.97 Å². The Kier molecular flexibility index (Phi) is 4.39. The molecule has 0 amide bonds. The molecular formula is C22H21N3O3. The lowest BCUT2D eigenvalue weighted by molar-refractivity contribution is -0.136. The smallest absolute Gasteiger partial charge is 0.307 e. The van der Waals surface area contributed by atoms with E-state index in [0.29, 0.717) is 5.76 Å². The second-order valence-corrected chi connectivity index (χ2v) is 6.89. The molecular weight excluding hydrogens is 354 g/mol. The molecule has 0 saturated heterocycles. The Morgan fingerprint density at radius 3 is 2.54 bits per heavy atom. The second kappa shape index (κ2) is 6.88. The summed E-state index contributed by atoms with van der Waals surface area (Å²) in [6.45, 7) is 3.93. The van der Waals surface area contributed by atoms with Crippen LogP contribution >= 0.6 is 0 Å². The Labute approximate surface area is 162 Å². The third-order valence-corrected chi connectivity index (χ3v) is 4.91. The number of carbonyl (C=O) groups is 1. The Bertz CT molecular complexity index is 1170. The Morgan fingerprint density at radius 1 is 1.14 bits per heavy atom. The fourth-order valence-corrected chi connectivity index (χ4v) is 3.62. The van der Waals surface area contributed by atoms with Crippen LogP contribution < -0.4 is 5.32 Å². The van der Waals surface area contributed by atoms with Crippen LogP contribution in [0.3, 0.4) is 0 Å². The number of aryl methyl sites for hydroxylation is 2. The number of fused-ring (bicyclic) bond motifs is 1. The van der Waals surface area contributed by atoms with Gasteiger partial charge in [-0.2, -0.15) is 0 Å². The zero-order valence-corrected chi connectivity index (χ0v) is 16.0. The van der Waals surface area contributed by atoms with Gasteiger partial charge in [-0.15, -0.1) is 0 Å². The standard InChI is InChI=1S/C22H21N3O3/c1-12-10-18-16(15-6-4-14(5-7-15)11-19(26)27)8-9-17(21(18)24-12)22-20(23-3)13(2)25-28-22/h4-10,23-24H,11H2,1-3H3,(H,26,27). The van der Waals surface area contributed by atoms with Gasteiger partial charge in [0.15, 0.2) is 5.76 Å². The van der Waals surface area contributed by atoms with Crippen molar-refractivity contribution in [1.29, 1.82) is 0 Å². The zero-order valence-electron chi connectivity index (χ0n) is 16.0. The van der Waals surface area contributed by atoms with E-state index in [0.717, 1.165) is 50.2 Å². The van der Waals surface area contributed by atoms with Crippen molar-refractivity contribution < 1.29 is 14.4 Å². The molecule has 0 atom stereocenters. The summed E-state index contributed by atoms with van der Waals surface area (Å²) in [5.74, 6) is -0.126. The van der Waals surface area contributed by atoms with Gasteiger partial charge in [-0.05, 0) is 42.7 Å². The molecule has 4 aromatic rings. The summed E-state index contributed by atoms with van der Waals surface area (Å²) in [5, 5.41) is 17.3. The Morgan fingerprint density at radius 2 is 1.86 bits per heavy atom. The number of carboxylic acids is 1. The number of anilines is 1. The molecule has 0 saturated carbocycles. The number of rotatable bonds is 5. The van der Waals surface area contributed by atoms with Gasteiger partial charge in [-0.1, -0.05) is 35.5 Å². The van der Waals surface area contributed by atoms with Crippen LogP contribution in [0.1, 0.15) is 17.0 Å². The number of aliphatic carboxylic acids is 1. The van der Waals surface area contributed by atoms with Crippen LogP contribution in [0.15, 0.2) is 47.0 Å². The molecule has 0 radical (unpaired) electrons. The van der Waals surface area contributed by atoms with Gasteiger partial charge in [0.2, 0.25) is 0 Å². The zero-order chi connectivity index (χ0) is 19.8. The molecule has 0 aliphatic heterocycles. The number of H-pyrrole nitrogens is 1. The first-order valence-electron chi connectivity index (χ1n) is 9.05. The highest BCUT2D eigenvalue weighted by molar-refractivity contribution is 6.04. The lowest BCUT2D eigenvalue weighted by atomic mass is 9.96. The maximum atomic E-state index is 10.9. The minimum atomic E-state index is -0.830. The molecule has 2 aromatic heterocycles. The first kappa shape index (κ1) is 17.9. The molecule has 4 rings (SSSR count). The van der Waals surface area contributed by atoms with Crippen molar-refractivity contribution >= 4 is 22.6 Å². The first-order chi connectivity index (χ1) is 13.5. The molecule has 0 bridgehead atoms. The normalized spacial score (nSPS) is 11.1. The van der Waals surface area contributed by atoms with Crippen LogP contribution in [0, 0.1) is 13.8 Å². The molecule has 0 aliphatic rings. The van der Waals surface area contributed by atoms with Gasteiger partial charge in [-0.25, -0.2) is 0 Å². The number of benzene rings is 2. The first-order valence-corrected chi connectivity index (χ1v) is 9.05. The van der Waals surface area contributed by atoms with Gasteiger partial charge < -0.3 is 19.9 Å². The van der Waals surface area contributed by atoms with Gasteiger partial charge in [0.25, 0.3) is 0 Å². The van der Waals surface area contributed by atoms with Crippen LogP contribution in [0.2, 0.25) is 0 Å². The quantitative estimate of drug-likeness (QED) is 0.467. The molecule has 6 heteroatoms. The SMILES string of the molecule is CNc1c(C)noc1-c1ccc(-c2ccc(CC(=O)O)cc2)c2cc(C)[nH]c12. The Hall–Kier alpha value is -3.54. The van der Waals surface area contributed by atoms with Crippen molar-refractivity contribution in [1.82, 2.24) is 10.1 Å². The molecule has 28 heavy (non-hydrogen) atoms. The van der Waals surface area contributed by atoms with Gasteiger partial charge in [0, 0.05) is 23.7 Å². The van der Waals surface area contributed by atoms with Gasteiger partial charge in [0.1, 0.15) is 11.4 Å². The summed E-state index contributed by atoms with van der Waals surface area (Å²) in [6, 6.07) is 13.9. The molecule has 0 aliphatic carbocycles.